The zero-order valence-corrected chi connectivity index (χ0v) is 29.4. The summed E-state index contributed by atoms with van der Waals surface area (Å²) in [5.41, 5.74) is 4.65. The van der Waals surface area contributed by atoms with Crippen LogP contribution < -0.4 is 16.0 Å². The first kappa shape index (κ1) is 33.6. The summed E-state index contributed by atoms with van der Waals surface area (Å²) in [7, 11) is 0.895. The average Bonchev–Trinajstić information content (AvgIpc) is 3.55. The van der Waals surface area contributed by atoms with Gasteiger partial charge in [0.05, 0.1) is 29.1 Å². The van der Waals surface area contributed by atoms with E-state index in [0.29, 0.717) is 37.9 Å². The molecule has 3 heterocycles. The van der Waals surface area contributed by atoms with Gasteiger partial charge in [0.25, 0.3) is 9.05 Å². The van der Waals surface area contributed by atoms with Gasteiger partial charge in [-0.2, -0.15) is 0 Å². The first-order valence-corrected chi connectivity index (χ1v) is 18.3. The highest BCUT2D eigenvalue weighted by Crippen LogP contribution is 2.35. The first-order chi connectivity index (χ1) is 19.9. The Hall–Kier alpha value is -2.34. The van der Waals surface area contributed by atoms with Crippen LogP contribution in [0.4, 0.5) is 17.1 Å². The van der Waals surface area contributed by atoms with Crippen molar-refractivity contribution in [3.63, 3.8) is 0 Å². The van der Waals surface area contributed by atoms with Gasteiger partial charge in [0.1, 0.15) is 0 Å². The van der Waals surface area contributed by atoms with Crippen molar-refractivity contribution in [2.45, 2.75) is 29.1 Å². The molecule has 0 saturated heterocycles. The Morgan fingerprint density at radius 3 is 1.53 bits per heavy atom. The number of carbonyl (C=O) groups is 3. The molecule has 0 fully saturated rings. The number of rotatable bonds is 3. The lowest BCUT2D eigenvalue weighted by Gasteiger charge is -2.13. The highest BCUT2D eigenvalue weighted by atomic mass is 79.9. The monoisotopic (exact) mass is 838 g/mol. The molecule has 3 aromatic carbocycles. The maximum Gasteiger partial charge on any atom is 0.262 e. The van der Waals surface area contributed by atoms with E-state index in [2.05, 4.69) is 63.7 Å². The van der Waals surface area contributed by atoms with Crippen LogP contribution in [0.3, 0.4) is 0 Å². The van der Waals surface area contributed by atoms with Crippen LogP contribution in [-0.2, 0) is 52.7 Å². The molecule has 3 aromatic rings. The molecule has 3 N–H and O–H groups in total. The molecule has 43 heavy (non-hydrogen) atoms. The standard InChI is InChI=1S/C10H11BrN2O3S.C8H5BrClNO3S.C8H6BrNO/c1-13(2)17(15,16)9-3-6-4-10(14)12-8(6)5-7(9)11;9-5-3-6-4(2-8(12)11-6)1-7(5)15(10,13)14;9-6-2-1-5-3-8(11)10-7(5)4-6/h3,5H,4H2,1-2H3,(H,12,14);1,3H,2H2,(H,11,12);1-2,4H,3H2,(H,10,11). The Bertz CT molecular complexity index is 1900. The van der Waals surface area contributed by atoms with Crippen LogP contribution >= 0.6 is 58.5 Å². The molecule has 0 unspecified atom stereocenters. The fraction of sp³-hybridized carbons (Fsp3) is 0.192. The van der Waals surface area contributed by atoms with E-state index in [1.54, 1.807) is 6.07 Å². The number of amides is 3. The smallest absolute Gasteiger partial charge is 0.262 e. The quantitative estimate of drug-likeness (QED) is 0.313. The number of sulfonamides is 1. The Labute approximate surface area is 277 Å². The van der Waals surface area contributed by atoms with Gasteiger partial charge in [-0.15, -0.1) is 0 Å². The van der Waals surface area contributed by atoms with Crippen LogP contribution in [0.2, 0.25) is 0 Å². The number of halogens is 4. The molecule has 3 amide bonds. The molecule has 0 saturated carbocycles. The molecule has 0 aromatic heterocycles. The molecule has 11 nitrogen and oxygen atoms in total. The van der Waals surface area contributed by atoms with Gasteiger partial charge >= 0.3 is 0 Å². The summed E-state index contributed by atoms with van der Waals surface area (Å²) in [6, 6.07) is 11.9. The Kier molecular flexibility index (Phi) is 10.1. The summed E-state index contributed by atoms with van der Waals surface area (Å²) < 4.78 is 49.3. The average molecular weight is 842 g/mol. The van der Waals surface area contributed by atoms with Gasteiger partial charge in [-0.3, -0.25) is 14.4 Å². The molecule has 0 spiro atoms. The Morgan fingerprint density at radius 2 is 1.07 bits per heavy atom. The predicted octanol–water partition coefficient (Wildman–Crippen LogP) is 5.01. The number of benzene rings is 3. The predicted molar refractivity (Wildman–Crippen MR) is 173 cm³/mol. The summed E-state index contributed by atoms with van der Waals surface area (Å²) in [5, 5.41) is 8.05. The molecule has 3 aliphatic rings. The molecule has 0 aliphatic carbocycles. The number of nitrogens with one attached hydrogen (secondary N) is 3. The SMILES string of the molecule is CN(C)S(=O)(=O)c1cc2c(cc1Br)NC(=O)C2.O=C1Cc2cc(S(=O)(=O)Cl)c(Br)cc2N1.O=C1Cc2ccc(Br)cc2N1. The molecule has 0 radical (unpaired) electrons. The molecule has 17 heteroatoms. The van der Waals surface area contributed by atoms with Gasteiger partial charge in [0.15, 0.2) is 0 Å². The van der Waals surface area contributed by atoms with E-state index in [-0.39, 0.29) is 40.4 Å². The van der Waals surface area contributed by atoms with Crippen molar-refractivity contribution in [1.29, 1.82) is 0 Å². The van der Waals surface area contributed by atoms with Crippen LogP contribution in [0.25, 0.3) is 0 Å². The lowest BCUT2D eigenvalue weighted by Crippen LogP contribution is -2.22. The van der Waals surface area contributed by atoms with Crippen LogP contribution in [0, 0.1) is 0 Å². The number of hydrogen-bond donors (Lipinski definition) is 3. The van der Waals surface area contributed by atoms with Crippen LogP contribution in [0.1, 0.15) is 16.7 Å². The van der Waals surface area contributed by atoms with Crippen molar-refractivity contribution < 1.29 is 31.2 Å². The first-order valence-electron chi connectivity index (χ1n) is 12.2. The lowest BCUT2D eigenvalue weighted by molar-refractivity contribution is -0.115. The second-order valence-electron chi connectivity index (χ2n) is 9.58. The van der Waals surface area contributed by atoms with E-state index < -0.39 is 19.1 Å². The molecule has 6 rings (SSSR count). The van der Waals surface area contributed by atoms with E-state index in [1.807, 2.05) is 18.2 Å². The molecule has 0 atom stereocenters. The van der Waals surface area contributed by atoms with Gasteiger partial charge in [-0.05, 0) is 84.9 Å². The zero-order chi connectivity index (χ0) is 31.9. The van der Waals surface area contributed by atoms with Crippen molar-refractivity contribution in [1.82, 2.24) is 4.31 Å². The highest BCUT2D eigenvalue weighted by Gasteiger charge is 2.26. The molecular weight excluding hydrogens is 820 g/mol. The number of hydrogen-bond acceptors (Lipinski definition) is 7. The molecular formula is C26H22Br3ClN4O7S2. The lowest BCUT2D eigenvalue weighted by atomic mass is 10.2. The normalized spacial score (nSPS) is 14.8. The van der Waals surface area contributed by atoms with Crippen LogP contribution in [0.15, 0.2) is 65.7 Å². The number of carbonyl (C=O) groups excluding carboxylic acids is 3. The van der Waals surface area contributed by atoms with Crippen molar-refractivity contribution in [3.8, 4) is 0 Å². The molecule has 3 aliphatic heterocycles. The van der Waals surface area contributed by atoms with Gasteiger partial charge in [0.2, 0.25) is 27.7 Å². The maximum atomic E-state index is 12.0. The van der Waals surface area contributed by atoms with Crippen LogP contribution in [-0.4, -0.2) is 53.0 Å². The second-order valence-corrected chi connectivity index (χ2v) is 16.9. The largest absolute Gasteiger partial charge is 0.325 e. The van der Waals surface area contributed by atoms with E-state index in [9.17, 15) is 31.2 Å². The summed E-state index contributed by atoms with van der Waals surface area (Å²) in [4.78, 5) is 33.3. The Balaban J connectivity index is 0.000000151. The van der Waals surface area contributed by atoms with Crippen LogP contribution in [0.5, 0.6) is 0 Å². The highest BCUT2D eigenvalue weighted by molar-refractivity contribution is 9.11. The number of nitrogens with zero attached hydrogens (tertiary/aromatic N) is 1. The third kappa shape index (κ3) is 7.85. The summed E-state index contributed by atoms with van der Waals surface area (Å²) in [6.07, 6.45) is 0.920. The zero-order valence-electron chi connectivity index (χ0n) is 22.3. The van der Waals surface area contributed by atoms with Gasteiger partial charge in [-0.25, -0.2) is 21.1 Å². The summed E-state index contributed by atoms with van der Waals surface area (Å²) in [5.74, 6) is -0.189. The van der Waals surface area contributed by atoms with Gasteiger partial charge in [-0.1, -0.05) is 22.0 Å². The van der Waals surface area contributed by atoms with E-state index >= 15 is 0 Å². The molecule has 228 valence electrons. The minimum absolute atomic E-state index is 0.0144. The summed E-state index contributed by atoms with van der Waals surface area (Å²) >= 11 is 9.64. The number of anilines is 3. The number of fused-ring (bicyclic) bond motifs is 3. The summed E-state index contributed by atoms with van der Waals surface area (Å²) in [6.45, 7) is 0. The van der Waals surface area contributed by atoms with Crippen molar-refractivity contribution in [2.75, 3.05) is 30.0 Å². The fourth-order valence-corrected chi connectivity index (χ4v) is 8.75. The maximum absolute atomic E-state index is 12.0. The topological polar surface area (TPSA) is 159 Å². The minimum Gasteiger partial charge on any atom is -0.325 e. The van der Waals surface area contributed by atoms with Gasteiger partial charge in [0, 0.05) is 55.3 Å². The molecule has 0 bridgehead atoms. The Morgan fingerprint density at radius 1 is 0.651 bits per heavy atom. The minimum atomic E-state index is -3.79. The van der Waals surface area contributed by atoms with Crippen molar-refractivity contribution in [2.24, 2.45) is 0 Å². The van der Waals surface area contributed by atoms with Crippen molar-refractivity contribution in [3.05, 3.63) is 72.6 Å². The third-order valence-electron chi connectivity index (χ3n) is 6.28. The van der Waals surface area contributed by atoms with Crippen molar-refractivity contribution >= 4 is 112 Å². The fourth-order valence-electron chi connectivity index (χ4n) is 4.22. The van der Waals surface area contributed by atoms with E-state index in [4.69, 9.17) is 10.7 Å². The third-order valence-corrected chi connectivity index (χ3v) is 11.8. The van der Waals surface area contributed by atoms with E-state index in [1.165, 1.54) is 32.3 Å². The second kappa shape index (κ2) is 12.9. The van der Waals surface area contributed by atoms with Gasteiger partial charge < -0.3 is 16.0 Å². The van der Waals surface area contributed by atoms with E-state index in [0.717, 1.165) is 20.0 Å².